The van der Waals surface area contributed by atoms with Crippen molar-refractivity contribution in [3.05, 3.63) is 40.9 Å². The van der Waals surface area contributed by atoms with Crippen LogP contribution in [0.3, 0.4) is 0 Å². The van der Waals surface area contributed by atoms with Gasteiger partial charge in [0.15, 0.2) is 0 Å². The highest BCUT2D eigenvalue weighted by Crippen LogP contribution is 2.21. The number of nitrogens with two attached hydrogens (primary N) is 1. The van der Waals surface area contributed by atoms with Gasteiger partial charge in [0, 0.05) is 16.3 Å². The molecule has 0 unspecified atom stereocenters. The van der Waals surface area contributed by atoms with Gasteiger partial charge < -0.3 is 5.73 Å². The van der Waals surface area contributed by atoms with Crippen LogP contribution in [-0.4, -0.2) is 0 Å². The Morgan fingerprint density at radius 1 is 1.58 bits per heavy atom. The van der Waals surface area contributed by atoms with E-state index in [0.29, 0.717) is 10.7 Å². The first-order valence-electron chi connectivity index (χ1n) is 3.88. The summed E-state index contributed by atoms with van der Waals surface area (Å²) in [5, 5.41) is 0.666. The third-order valence-corrected chi connectivity index (χ3v) is 2.11. The lowest BCUT2D eigenvalue weighted by Gasteiger charge is -2.04. The number of hydrogen-bond donors (Lipinski definition) is 1. The second kappa shape index (κ2) is 3.63. The molecule has 2 heteroatoms. The quantitative estimate of drug-likeness (QED) is 0.746. The van der Waals surface area contributed by atoms with Gasteiger partial charge in [-0.2, -0.15) is 0 Å². The van der Waals surface area contributed by atoms with Gasteiger partial charge in [-0.3, -0.25) is 0 Å². The maximum atomic E-state index is 5.91. The van der Waals surface area contributed by atoms with Crippen LogP contribution in [0.2, 0.25) is 5.02 Å². The Hall–Kier alpha value is -0.950. The van der Waals surface area contributed by atoms with Crippen molar-refractivity contribution in [1.82, 2.24) is 0 Å². The molecule has 1 aromatic rings. The molecule has 2 N–H and O–H groups in total. The van der Waals surface area contributed by atoms with Crippen LogP contribution in [0.15, 0.2) is 24.8 Å². The summed E-state index contributed by atoms with van der Waals surface area (Å²) in [6.45, 7) is 5.74. The Morgan fingerprint density at radius 2 is 2.25 bits per heavy atom. The molecule has 1 aromatic carbocycles. The van der Waals surface area contributed by atoms with Gasteiger partial charge in [0.2, 0.25) is 0 Å². The molecule has 0 fully saturated rings. The molecule has 1 nitrogen and oxygen atoms in total. The fourth-order valence-corrected chi connectivity index (χ4v) is 1.28. The maximum absolute atomic E-state index is 5.91. The summed E-state index contributed by atoms with van der Waals surface area (Å²) in [6, 6.07) is 5.83. The minimum Gasteiger partial charge on any atom is -0.399 e. The minimum absolute atomic E-state index is 0.523. The Morgan fingerprint density at radius 3 is 2.75 bits per heavy atom. The van der Waals surface area contributed by atoms with Gasteiger partial charge in [-0.05, 0) is 24.1 Å². The molecular formula is C10H12ClN. The van der Waals surface area contributed by atoms with Gasteiger partial charge in [0.05, 0.1) is 0 Å². The lowest BCUT2D eigenvalue weighted by molar-refractivity contribution is 1.14. The van der Waals surface area contributed by atoms with Gasteiger partial charge in [-0.25, -0.2) is 0 Å². The van der Waals surface area contributed by atoms with E-state index in [1.54, 1.807) is 0 Å². The zero-order valence-electron chi connectivity index (χ0n) is 7.10. The lowest BCUT2D eigenvalue weighted by Crippen LogP contribution is -1.95. The normalized spacial score (nSPS) is 9.83. The Bertz CT molecular complexity index is 305. The van der Waals surface area contributed by atoms with Crippen LogP contribution >= 0.6 is 11.6 Å². The molecule has 0 aliphatic rings. The molecule has 0 atom stereocenters. The average Bonchev–Trinajstić information content (AvgIpc) is 2.05. The van der Waals surface area contributed by atoms with E-state index in [2.05, 4.69) is 13.5 Å². The first-order chi connectivity index (χ1) is 5.65. The summed E-state index contributed by atoms with van der Waals surface area (Å²) < 4.78 is 0. The predicted molar refractivity (Wildman–Crippen MR) is 54.1 cm³/mol. The highest BCUT2D eigenvalue weighted by atomic mass is 35.5. The van der Waals surface area contributed by atoms with Crippen molar-refractivity contribution < 1.29 is 0 Å². The highest BCUT2D eigenvalue weighted by Gasteiger charge is 2.01. The first kappa shape index (κ1) is 9.14. The molecule has 0 bridgehead atoms. The Labute approximate surface area is 77.8 Å². The van der Waals surface area contributed by atoms with E-state index in [9.17, 15) is 0 Å². The number of benzene rings is 1. The van der Waals surface area contributed by atoms with Crippen LogP contribution in [0.25, 0.3) is 5.70 Å². The molecule has 0 aromatic heterocycles. The largest absolute Gasteiger partial charge is 0.399 e. The number of halogens is 1. The molecule has 12 heavy (non-hydrogen) atoms. The second-order valence-corrected chi connectivity index (χ2v) is 3.10. The maximum Gasteiger partial charge on any atom is 0.0499 e. The fraction of sp³-hybridized carbons (Fsp3) is 0.200. The van der Waals surface area contributed by atoms with Crippen LogP contribution in [0.4, 0.5) is 0 Å². The second-order valence-electron chi connectivity index (χ2n) is 2.69. The molecule has 1 rings (SSSR count). The van der Waals surface area contributed by atoms with Crippen molar-refractivity contribution in [3.63, 3.8) is 0 Å². The fourth-order valence-electron chi connectivity index (χ4n) is 1.04. The number of hydrogen-bond acceptors (Lipinski definition) is 1. The third-order valence-electron chi connectivity index (χ3n) is 1.78. The van der Waals surface area contributed by atoms with E-state index in [0.717, 1.165) is 12.0 Å². The summed E-state index contributed by atoms with van der Waals surface area (Å²) in [4.78, 5) is 0. The Balaban J connectivity index is 3.17. The van der Waals surface area contributed by atoms with E-state index in [1.807, 2.05) is 18.2 Å². The van der Waals surface area contributed by atoms with Crippen molar-refractivity contribution in [1.29, 1.82) is 0 Å². The van der Waals surface area contributed by atoms with Gasteiger partial charge in [0.1, 0.15) is 0 Å². The monoisotopic (exact) mass is 181 g/mol. The Kier molecular flexibility index (Phi) is 2.77. The van der Waals surface area contributed by atoms with Gasteiger partial charge in [-0.1, -0.05) is 31.2 Å². The average molecular weight is 182 g/mol. The zero-order valence-corrected chi connectivity index (χ0v) is 7.86. The zero-order chi connectivity index (χ0) is 9.14. The van der Waals surface area contributed by atoms with Crippen LogP contribution in [0, 0.1) is 0 Å². The molecule has 0 amide bonds. The van der Waals surface area contributed by atoms with E-state index in [4.69, 9.17) is 17.3 Å². The van der Waals surface area contributed by atoms with Crippen molar-refractivity contribution >= 4 is 17.3 Å². The summed E-state index contributed by atoms with van der Waals surface area (Å²) in [5.41, 5.74) is 8.15. The van der Waals surface area contributed by atoms with Crippen LogP contribution in [0.5, 0.6) is 0 Å². The lowest BCUT2D eigenvalue weighted by atomic mass is 10.1. The van der Waals surface area contributed by atoms with E-state index >= 15 is 0 Å². The van der Waals surface area contributed by atoms with Crippen LogP contribution < -0.4 is 5.73 Å². The molecule has 0 aliphatic heterocycles. The molecule has 0 radical (unpaired) electrons. The van der Waals surface area contributed by atoms with Crippen molar-refractivity contribution in [3.8, 4) is 0 Å². The molecule has 0 saturated carbocycles. The van der Waals surface area contributed by atoms with Crippen molar-refractivity contribution in [2.75, 3.05) is 0 Å². The van der Waals surface area contributed by atoms with Gasteiger partial charge >= 0.3 is 0 Å². The number of aryl methyl sites for hydroxylation is 1. The summed E-state index contributed by atoms with van der Waals surface area (Å²) >= 11 is 5.91. The van der Waals surface area contributed by atoms with Gasteiger partial charge in [-0.15, -0.1) is 0 Å². The summed E-state index contributed by atoms with van der Waals surface area (Å²) in [5.74, 6) is 0. The minimum atomic E-state index is 0.523. The standard InChI is InChI=1S/C10H12ClN/c1-3-8-4-5-10(11)9(6-8)7(2)12/h4-6H,2-3,12H2,1H3. The smallest absolute Gasteiger partial charge is 0.0499 e. The van der Waals surface area contributed by atoms with Crippen LogP contribution in [-0.2, 0) is 6.42 Å². The molecule has 0 spiro atoms. The molecule has 64 valence electrons. The summed E-state index contributed by atoms with van der Waals surface area (Å²) in [6.07, 6.45) is 0.984. The SMILES string of the molecule is C=C(N)c1cc(CC)ccc1Cl. The van der Waals surface area contributed by atoms with E-state index in [1.165, 1.54) is 5.56 Å². The predicted octanol–water partition coefficient (Wildman–Crippen LogP) is 2.83. The number of rotatable bonds is 2. The van der Waals surface area contributed by atoms with Crippen LogP contribution in [0.1, 0.15) is 18.1 Å². The molecule has 0 heterocycles. The summed E-state index contributed by atoms with van der Waals surface area (Å²) in [7, 11) is 0. The van der Waals surface area contributed by atoms with Gasteiger partial charge in [0.25, 0.3) is 0 Å². The topological polar surface area (TPSA) is 26.0 Å². The molecule has 0 aliphatic carbocycles. The molecule has 0 saturated heterocycles. The van der Waals surface area contributed by atoms with Crippen molar-refractivity contribution in [2.24, 2.45) is 5.73 Å². The first-order valence-corrected chi connectivity index (χ1v) is 4.26. The third kappa shape index (κ3) is 1.80. The van der Waals surface area contributed by atoms with E-state index < -0.39 is 0 Å². The van der Waals surface area contributed by atoms with E-state index in [-0.39, 0.29) is 0 Å². The van der Waals surface area contributed by atoms with Crippen molar-refractivity contribution in [2.45, 2.75) is 13.3 Å². The molecular weight excluding hydrogens is 170 g/mol. The highest BCUT2D eigenvalue weighted by molar-refractivity contribution is 6.32.